The molecule has 0 aromatic heterocycles. The number of sulfone groups is 1. The highest BCUT2D eigenvalue weighted by molar-refractivity contribution is 9.10. The third-order valence-electron chi connectivity index (χ3n) is 3.41. The molecule has 0 fully saturated rings. The van der Waals surface area contributed by atoms with Crippen LogP contribution in [0.25, 0.3) is 0 Å². The smallest absolute Gasteiger partial charge is 0.220 e. The number of rotatable bonds is 9. The van der Waals surface area contributed by atoms with E-state index >= 15 is 0 Å². The lowest BCUT2D eigenvalue weighted by Crippen LogP contribution is -2.34. The average Bonchev–Trinajstić information content (AvgIpc) is 2.45. The van der Waals surface area contributed by atoms with Gasteiger partial charge >= 0.3 is 0 Å². The van der Waals surface area contributed by atoms with E-state index in [4.69, 9.17) is 0 Å². The zero-order valence-corrected chi connectivity index (χ0v) is 16.3. The van der Waals surface area contributed by atoms with Crippen molar-refractivity contribution >= 4 is 31.7 Å². The van der Waals surface area contributed by atoms with E-state index in [9.17, 15) is 13.2 Å². The quantitative estimate of drug-likeness (QED) is 0.686. The van der Waals surface area contributed by atoms with Crippen molar-refractivity contribution in [3.05, 3.63) is 28.7 Å². The van der Waals surface area contributed by atoms with E-state index in [-0.39, 0.29) is 24.1 Å². The molecule has 0 saturated carbocycles. The maximum absolute atomic E-state index is 12.2. The maximum atomic E-state index is 12.2. The number of hydrogen-bond donors (Lipinski definition) is 1. The van der Waals surface area contributed by atoms with Crippen LogP contribution in [0.3, 0.4) is 0 Å². The number of halogens is 1. The Kier molecular flexibility index (Phi) is 8.22. The second-order valence-corrected chi connectivity index (χ2v) is 8.96. The number of nitrogens with one attached hydrogen (secondary N) is 1. The van der Waals surface area contributed by atoms with Crippen LogP contribution in [0.15, 0.2) is 33.6 Å². The van der Waals surface area contributed by atoms with Gasteiger partial charge in [-0.3, -0.25) is 4.79 Å². The summed E-state index contributed by atoms with van der Waals surface area (Å²) in [7, 11) is 0.645. The van der Waals surface area contributed by atoms with Crippen LogP contribution in [0.5, 0.6) is 0 Å². The predicted octanol–water partition coefficient (Wildman–Crippen LogP) is 2.46. The number of carbonyl (C=O) groups is 1. The molecule has 0 radical (unpaired) electrons. The number of amides is 1. The first-order valence-electron chi connectivity index (χ1n) is 7.63. The zero-order chi connectivity index (χ0) is 17.5. The minimum absolute atomic E-state index is 0.0197. The van der Waals surface area contributed by atoms with E-state index < -0.39 is 9.84 Å². The van der Waals surface area contributed by atoms with E-state index in [0.29, 0.717) is 11.3 Å². The van der Waals surface area contributed by atoms with Crippen LogP contribution in [0.1, 0.15) is 26.2 Å². The molecule has 130 valence electrons. The molecule has 0 saturated heterocycles. The molecule has 0 heterocycles. The Morgan fingerprint density at radius 3 is 2.43 bits per heavy atom. The standard InChI is InChI=1S/C16H25BrN2O3S/c1-13(10-11-19(2)3)18-16(20)5-4-12-23(21,22)15-8-6-14(17)7-9-15/h6-9,13H,4-5,10-12H2,1-3H3,(H,18,20). The lowest BCUT2D eigenvalue weighted by molar-refractivity contribution is -0.121. The van der Waals surface area contributed by atoms with Gasteiger partial charge in [0.05, 0.1) is 10.6 Å². The number of hydrogen-bond acceptors (Lipinski definition) is 4. The van der Waals surface area contributed by atoms with Crippen LogP contribution >= 0.6 is 15.9 Å². The SMILES string of the molecule is CC(CCN(C)C)NC(=O)CCCS(=O)(=O)c1ccc(Br)cc1. The fourth-order valence-electron chi connectivity index (χ4n) is 2.05. The summed E-state index contributed by atoms with van der Waals surface area (Å²) in [4.78, 5) is 14.2. The van der Waals surface area contributed by atoms with Crippen LogP contribution in [-0.2, 0) is 14.6 Å². The highest BCUT2D eigenvalue weighted by atomic mass is 79.9. The molecule has 7 heteroatoms. The molecule has 1 aromatic rings. The molecule has 0 aliphatic carbocycles. The first-order chi connectivity index (χ1) is 10.7. The Balaban J connectivity index is 2.38. The van der Waals surface area contributed by atoms with Crippen LogP contribution in [0, 0.1) is 0 Å². The van der Waals surface area contributed by atoms with Gasteiger partial charge in [0, 0.05) is 16.9 Å². The normalized spacial score (nSPS) is 13.1. The summed E-state index contributed by atoms with van der Waals surface area (Å²) in [6.07, 6.45) is 1.42. The van der Waals surface area contributed by atoms with Crippen LogP contribution in [-0.4, -0.2) is 51.7 Å². The van der Waals surface area contributed by atoms with Gasteiger partial charge in [-0.15, -0.1) is 0 Å². The summed E-state index contributed by atoms with van der Waals surface area (Å²) in [6, 6.07) is 6.64. The Morgan fingerprint density at radius 1 is 1.26 bits per heavy atom. The van der Waals surface area contributed by atoms with Crippen molar-refractivity contribution in [1.82, 2.24) is 10.2 Å². The van der Waals surface area contributed by atoms with E-state index in [2.05, 4.69) is 26.1 Å². The molecule has 5 nitrogen and oxygen atoms in total. The van der Waals surface area contributed by atoms with Gasteiger partial charge in [0.25, 0.3) is 0 Å². The minimum Gasteiger partial charge on any atom is -0.354 e. The second kappa shape index (κ2) is 9.39. The van der Waals surface area contributed by atoms with Crippen molar-refractivity contribution in [3.63, 3.8) is 0 Å². The summed E-state index contributed by atoms with van der Waals surface area (Å²) in [5, 5.41) is 2.90. The van der Waals surface area contributed by atoms with Crippen molar-refractivity contribution < 1.29 is 13.2 Å². The molecule has 1 amide bonds. The van der Waals surface area contributed by atoms with Crippen molar-refractivity contribution in [2.75, 3.05) is 26.4 Å². The minimum atomic E-state index is -3.33. The Morgan fingerprint density at radius 2 is 1.87 bits per heavy atom. The van der Waals surface area contributed by atoms with Gasteiger partial charge in [0.2, 0.25) is 5.91 Å². The summed E-state index contributed by atoms with van der Waals surface area (Å²) in [5.41, 5.74) is 0. The Hall–Kier alpha value is -0.920. The van der Waals surface area contributed by atoms with Gasteiger partial charge in [-0.25, -0.2) is 8.42 Å². The molecule has 1 atom stereocenters. The summed E-state index contributed by atoms with van der Waals surface area (Å²) < 4.78 is 25.2. The molecule has 0 spiro atoms. The molecule has 1 N–H and O–H groups in total. The fourth-order valence-corrected chi connectivity index (χ4v) is 3.63. The van der Waals surface area contributed by atoms with Crippen LogP contribution in [0.2, 0.25) is 0 Å². The molecule has 0 bridgehead atoms. The Bertz CT molecular complexity index is 600. The van der Waals surface area contributed by atoms with Gasteiger partial charge in [-0.1, -0.05) is 15.9 Å². The van der Waals surface area contributed by atoms with Gasteiger partial charge in [-0.2, -0.15) is 0 Å². The van der Waals surface area contributed by atoms with Crippen molar-refractivity contribution in [1.29, 1.82) is 0 Å². The zero-order valence-electron chi connectivity index (χ0n) is 13.9. The molecular formula is C16H25BrN2O3S. The average molecular weight is 405 g/mol. The second-order valence-electron chi connectivity index (χ2n) is 5.94. The van der Waals surface area contributed by atoms with Crippen LogP contribution in [0.4, 0.5) is 0 Å². The number of benzene rings is 1. The number of carbonyl (C=O) groups excluding carboxylic acids is 1. The van der Waals surface area contributed by atoms with E-state index in [1.807, 2.05) is 21.0 Å². The summed E-state index contributed by atoms with van der Waals surface area (Å²) in [6.45, 7) is 2.86. The summed E-state index contributed by atoms with van der Waals surface area (Å²) in [5.74, 6) is -0.115. The topological polar surface area (TPSA) is 66.5 Å². The number of nitrogens with zero attached hydrogens (tertiary/aromatic N) is 1. The van der Waals surface area contributed by atoms with E-state index in [0.717, 1.165) is 17.4 Å². The first kappa shape index (κ1) is 20.1. The highest BCUT2D eigenvalue weighted by Gasteiger charge is 2.15. The van der Waals surface area contributed by atoms with Gasteiger partial charge in [-0.05, 0) is 64.7 Å². The third kappa shape index (κ3) is 7.94. The molecule has 1 rings (SSSR count). The van der Waals surface area contributed by atoms with Gasteiger partial charge in [0.15, 0.2) is 9.84 Å². The Labute approximate surface area is 147 Å². The molecule has 0 aliphatic rings. The molecule has 1 unspecified atom stereocenters. The summed E-state index contributed by atoms with van der Waals surface area (Å²) >= 11 is 3.28. The lowest BCUT2D eigenvalue weighted by atomic mass is 10.2. The molecule has 0 aliphatic heterocycles. The van der Waals surface area contributed by atoms with Gasteiger partial charge < -0.3 is 10.2 Å². The predicted molar refractivity (Wildman–Crippen MR) is 96.2 cm³/mol. The lowest BCUT2D eigenvalue weighted by Gasteiger charge is -2.16. The molecule has 1 aromatic carbocycles. The molecular weight excluding hydrogens is 380 g/mol. The third-order valence-corrected chi connectivity index (χ3v) is 5.75. The van der Waals surface area contributed by atoms with Gasteiger partial charge in [0.1, 0.15) is 0 Å². The largest absolute Gasteiger partial charge is 0.354 e. The van der Waals surface area contributed by atoms with E-state index in [1.165, 1.54) is 0 Å². The van der Waals surface area contributed by atoms with Crippen molar-refractivity contribution in [2.24, 2.45) is 0 Å². The van der Waals surface area contributed by atoms with Crippen molar-refractivity contribution in [3.8, 4) is 0 Å². The molecule has 23 heavy (non-hydrogen) atoms. The monoisotopic (exact) mass is 404 g/mol. The van der Waals surface area contributed by atoms with E-state index in [1.54, 1.807) is 24.3 Å². The van der Waals surface area contributed by atoms with Crippen LogP contribution < -0.4 is 5.32 Å². The fraction of sp³-hybridized carbons (Fsp3) is 0.562. The first-order valence-corrected chi connectivity index (χ1v) is 10.1. The highest BCUT2D eigenvalue weighted by Crippen LogP contribution is 2.16. The van der Waals surface area contributed by atoms with Crippen molar-refractivity contribution in [2.45, 2.75) is 37.1 Å². The maximum Gasteiger partial charge on any atom is 0.220 e.